The van der Waals surface area contributed by atoms with Gasteiger partial charge in [0.1, 0.15) is 11.4 Å². The number of hydrogen-bond acceptors (Lipinski definition) is 5. The number of imidazole rings is 1. The molecule has 196 valence electrons. The van der Waals surface area contributed by atoms with Crippen molar-refractivity contribution in [3.63, 3.8) is 0 Å². The number of aryl methyl sites for hydroxylation is 2. The lowest BCUT2D eigenvalue weighted by Gasteiger charge is -2.22. The van der Waals surface area contributed by atoms with E-state index in [-0.39, 0.29) is 10.8 Å². The van der Waals surface area contributed by atoms with Crippen LogP contribution >= 0.6 is 0 Å². The summed E-state index contributed by atoms with van der Waals surface area (Å²) in [7, 11) is -4.07. The Morgan fingerprint density at radius 2 is 1.74 bits per heavy atom. The molecule has 2 heterocycles. The predicted molar refractivity (Wildman–Crippen MR) is 149 cm³/mol. The van der Waals surface area contributed by atoms with E-state index in [1.165, 1.54) is 6.07 Å². The van der Waals surface area contributed by atoms with Gasteiger partial charge in [-0.05, 0) is 61.7 Å². The van der Waals surface area contributed by atoms with Crippen molar-refractivity contribution in [2.45, 2.75) is 36.6 Å². The topological polar surface area (TPSA) is 106 Å². The summed E-state index contributed by atoms with van der Waals surface area (Å²) in [6, 6.07) is 25.6. The zero-order valence-corrected chi connectivity index (χ0v) is 22.3. The lowest BCUT2D eigenvalue weighted by Crippen LogP contribution is -2.46. The Bertz CT molecular complexity index is 1820. The summed E-state index contributed by atoms with van der Waals surface area (Å²) in [5, 5.41) is 3.98. The minimum absolute atomic E-state index is 0.0612. The van der Waals surface area contributed by atoms with Crippen molar-refractivity contribution < 1.29 is 13.2 Å². The number of amides is 2. The number of carbonyl (C=O) groups is 1. The van der Waals surface area contributed by atoms with E-state index in [0.717, 1.165) is 27.8 Å². The Morgan fingerprint density at radius 1 is 0.974 bits per heavy atom. The molecule has 0 aliphatic heterocycles. The quantitative estimate of drug-likeness (QED) is 0.313. The van der Waals surface area contributed by atoms with E-state index in [0.29, 0.717) is 17.8 Å². The van der Waals surface area contributed by atoms with Gasteiger partial charge in [0.25, 0.3) is 10.0 Å². The highest BCUT2D eigenvalue weighted by molar-refractivity contribution is 7.90. The van der Waals surface area contributed by atoms with Crippen LogP contribution in [0.4, 0.5) is 4.79 Å². The van der Waals surface area contributed by atoms with E-state index < -0.39 is 21.6 Å². The third kappa shape index (κ3) is 4.55. The largest absolute Gasteiger partial charge is 0.329 e. The molecular formula is C30H27N5O3S. The number of rotatable bonds is 6. The number of sulfonamides is 1. The molecule has 0 bridgehead atoms. The first kappa shape index (κ1) is 24.8. The molecule has 0 saturated heterocycles. The van der Waals surface area contributed by atoms with E-state index >= 15 is 0 Å². The highest BCUT2D eigenvalue weighted by Gasteiger charge is 2.60. The molecule has 0 radical (unpaired) electrons. The second-order valence-electron chi connectivity index (χ2n) is 9.91. The molecule has 2 N–H and O–H groups in total. The van der Waals surface area contributed by atoms with Crippen LogP contribution < -0.4 is 10.0 Å². The summed E-state index contributed by atoms with van der Waals surface area (Å²) in [6.07, 6.45) is 4.11. The number of carbonyl (C=O) groups excluding carboxylic acids is 1. The summed E-state index contributed by atoms with van der Waals surface area (Å²) in [6.45, 7) is 3.65. The minimum atomic E-state index is -4.07. The van der Waals surface area contributed by atoms with Gasteiger partial charge < -0.3 is 9.88 Å². The Hall–Kier alpha value is -4.50. The maximum Gasteiger partial charge on any atom is 0.329 e. The van der Waals surface area contributed by atoms with Crippen LogP contribution in [0.5, 0.6) is 0 Å². The monoisotopic (exact) mass is 537 g/mol. The van der Waals surface area contributed by atoms with Gasteiger partial charge in [0, 0.05) is 35.1 Å². The van der Waals surface area contributed by atoms with E-state index in [4.69, 9.17) is 0 Å². The van der Waals surface area contributed by atoms with Crippen molar-refractivity contribution in [1.82, 2.24) is 24.6 Å². The molecule has 1 fully saturated rings. The smallest absolute Gasteiger partial charge is 0.324 e. The van der Waals surface area contributed by atoms with E-state index in [9.17, 15) is 13.2 Å². The maximum atomic E-state index is 13.3. The first-order valence-electron chi connectivity index (χ1n) is 12.6. The second kappa shape index (κ2) is 9.36. The standard InChI is InChI=1S/C30H27N5O3S/c1-20-8-6-7-11-27(20)39(37,38)34-29(36)33-30(19-25(30)22-9-4-3-5-10-22)28-31-16-17-35(28)24-14-15-26-23(18-24)13-12-21(2)32-26/h3-18,25H,19H2,1-2H3,(H2,33,34,36)/t25-,30?/m1/s1. The fraction of sp³-hybridized carbons (Fsp3) is 0.167. The molecule has 2 atom stereocenters. The molecule has 39 heavy (non-hydrogen) atoms. The molecule has 6 rings (SSSR count). The highest BCUT2D eigenvalue weighted by Crippen LogP contribution is 2.58. The Kier molecular flexibility index (Phi) is 5.95. The molecule has 1 aliphatic rings. The maximum absolute atomic E-state index is 13.3. The molecule has 9 heteroatoms. The first-order valence-corrected chi connectivity index (χ1v) is 14.1. The van der Waals surface area contributed by atoms with Crippen molar-refractivity contribution in [2.24, 2.45) is 0 Å². The molecule has 1 aliphatic carbocycles. The van der Waals surface area contributed by atoms with Crippen LogP contribution in [0.3, 0.4) is 0 Å². The SMILES string of the molecule is Cc1ccc2cc(-n3ccnc3C3(NC(=O)NS(=O)(=O)c4ccccc4C)C[C@@H]3c3ccccc3)ccc2n1. The van der Waals surface area contributed by atoms with Crippen LogP contribution in [0.25, 0.3) is 16.6 Å². The lowest BCUT2D eigenvalue weighted by atomic mass is 10.1. The van der Waals surface area contributed by atoms with Crippen LogP contribution in [0, 0.1) is 13.8 Å². The van der Waals surface area contributed by atoms with Gasteiger partial charge in [-0.15, -0.1) is 0 Å². The summed E-state index contributed by atoms with van der Waals surface area (Å²) >= 11 is 0. The number of fused-ring (bicyclic) bond motifs is 1. The molecular weight excluding hydrogens is 510 g/mol. The molecule has 8 nitrogen and oxygen atoms in total. The summed E-state index contributed by atoms with van der Waals surface area (Å²) < 4.78 is 30.2. The molecule has 5 aromatic rings. The van der Waals surface area contributed by atoms with Gasteiger partial charge in [-0.1, -0.05) is 54.6 Å². The number of pyridine rings is 1. The van der Waals surface area contributed by atoms with Crippen LogP contribution in [0.1, 0.15) is 35.0 Å². The number of benzene rings is 3. The van der Waals surface area contributed by atoms with E-state index in [1.807, 2.05) is 78.4 Å². The van der Waals surface area contributed by atoms with Crippen LogP contribution in [0.15, 0.2) is 102 Å². The van der Waals surface area contributed by atoms with Crippen molar-refractivity contribution in [3.8, 4) is 5.69 Å². The summed E-state index contributed by atoms with van der Waals surface area (Å²) in [5.74, 6) is 0.538. The predicted octanol–water partition coefficient (Wildman–Crippen LogP) is 5.11. The lowest BCUT2D eigenvalue weighted by molar-refractivity contribution is 0.239. The Morgan fingerprint density at radius 3 is 2.54 bits per heavy atom. The average Bonchev–Trinajstić information content (AvgIpc) is 3.41. The first-order chi connectivity index (χ1) is 18.8. The van der Waals surface area contributed by atoms with Gasteiger partial charge in [0.2, 0.25) is 0 Å². The van der Waals surface area contributed by atoms with Gasteiger partial charge in [-0.3, -0.25) is 4.98 Å². The molecule has 0 spiro atoms. The van der Waals surface area contributed by atoms with E-state index in [2.05, 4.69) is 20.0 Å². The normalized spacial score (nSPS) is 18.6. The third-order valence-corrected chi connectivity index (χ3v) is 8.73. The average molecular weight is 538 g/mol. The van der Waals surface area contributed by atoms with Crippen molar-refractivity contribution in [1.29, 1.82) is 0 Å². The third-order valence-electron chi connectivity index (χ3n) is 7.24. The number of hydrogen-bond donors (Lipinski definition) is 2. The number of aromatic nitrogens is 3. The number of nitrogens with one attached hydrogen (secondary N) is 2. The van der Waals surface area contributed by atoms with Crippen molar-refractivity contribution in [3.05, 3.63) is 120 Å². The second-order valence-corrected chi connectivity index (χ2v) is 11.6. The fourth-order valence-electron chi connectivity index (χ4n) is 5.26. The fourth-order valence-corrected chi connectivity index (χ4v) is 6.42. The van der Waals surface area contributed by atoms with Gasteiger partial charge in [-0.2, -0.15) is 0 Å². The highest BCUT2D eigenvalue weighted by atomic mass is 32.2. The molecule has 1 unspecified atom stereocenters. The van der Waals surface area contributed by atoms with Gasteiger partial charge >= 0.3 is 6.03 Å². The molecule has 1 saturated carbocycles. The Balaban J connectivity index is 1.37. The molecule has 2 aromatic heterocycles. The van der Waals surface area contributed by atoms with Gasteiger partial charge in [0.15, 0.2) is 0 Å². The molecule has 3 aromatic carbocycles. The zero-order chi connectivity index (χ0) is 27.2. The molecule has 2 amide bonds. The number of urea groups is 1. The Labute approximate surface area is 226 Å². The summed E-state index contributed by atoms with van der Waals surface area (Å²) in [5.41, 5.74) is 3.38. The minimum Gasteiger partial charge on any atom is -0.324 e. The van der Waals surface area contributed by atoms with Crippen LogP contribution in [-0.2, 0) is 15.6 Å². The van der Waals surface area contributed by atoms with Crippen LogP contribution in [-0.4, -0.2) is 29.0 Å². The van der Waals surface area contributed by atoms with Crippen molar-refractivity contribution in [2.75, 3.05) is 0 Å². The van der Waals surface area contributed by atoms with Gasteiger partial charge in [-0.25, -0.2) is 22.9 Å². The van der Waals surface area contributed by atoms with Crippen LogP contribution in [0.2, 0.25) is 0 Å². The van der Waals surface area contributed by atoms with Crippen molar-refractivity contribution >= 4 is 27.0 Å². The zero-order valence-electron chi connectivity index (χ0n) is 21.5. The summed E-state index contributed by atoms with van der Waals surface area (Å²) in [4.78, 5) is 22.6. The number of nitrogens with zero attached hydrogens (tertiary/aromatic N) is 3. The van der Waals surface area contributed by atoms with Gasteiger partial charge in [0.05, 0.1) is 10.4 Å². The van der Waals surface area contributed by atoms with E-state index in [1.54, 1.807) is 31.3 Å².